The van der Waals surface area contributed by atoms with Gasteiger partial charge in [-0.15, -0.1) is 0 Å². The zero-order valence-corrected chi connectivity index (χ0v) is 26.7. The number of alkyl halides is 6. The Balaban J connectivity index is 0.000000978. The number of halogens is 7. The van der Waals surface area contributed by atoms with Crippen molar-refractivity contribution in [2.75, 3.05) is 0 Å². The van der Waals surface area contributed by atoms with Gasteiger partial charge in [-0.1, -0.05) is 0 Å². The third-order valence-corrected chi connectivity index (χ3v) is 7.34. The maximum absolute atomic E-state index is 13.5. The Bertz CT molecular complexity index is 1750. The van der Waals surface area contributed by atoms with Crippen LogP contribution in [0.5, 0.6) is 0 Å². The van der Waals surface area contributed by atoms with Gasteiger partial charge in [0, 0.05) is 0 Å². The molecule has 1 amide bonds. The topological polar surface area (TPSA) is 204 Å². The zero-order chi connectivity index (χ0) is 33.2. The predicted octanol–water partition coefficient (Wildman–Crippen LogP) is 2.10. The molecular weight excluding hydrogens is 680 g/mol. The molecule has 1 unspecified atom stereocenters. The van der Waals surface area contributed by atoms with Crippen LogP contribution in [0.25, 0.3) is 17.2 Å². The van der Waals surface area contributed by atoms with Crippen molar-refractivity contribution in [3.05, 3.63) is 75.3 Å². The molecule has 3 heterocycles. The fourth-order valence-electron chi connectivity index (χ4n) is 3.55. The van der Waals surface area contributed by atoms with E-state index in [4.69, 9.17) is 36.6 Å². The number of pyridine rings is 1. The number of aromatic nitrogens is 7. The van der Waals surface area contributed by atoms with Crippen LogP contribution in [0.2, 0.25) is 5.04 Å². The second-order valence-corrected chi connectivity index (χ2v) is 12.5. The van der Waals surface area contributed by atoms with Crippen LogP contribution in [-0.4, -0.2) is 110 Å². The van der Waals surface area contributed by atoms with Gasteiger partial charge in [0.15, 0.2) is 0 Å². The number of primary amides is 1. The number of hydrogen-bond acceptors (Lipinski definition) is 7. The summed E-state index contributed by atoms with van der Waals surface area (Å²) < 4.78 is 89.8. The van der Waals surface area contributed by atoms with E-state index in [0.717, 1.165) is 21.5 Å². The van der Waals surface area contributed by atoms with Gasteiger partial charge in [-0.3, -0.25) is 0 Å². The number of hydrogen-bond donors (Lipinski definition) is 4. The summed E-state index contributed by atoms with van der Waals surface area (Å²) in [6.45, 7) is -1.30. The molecular formula is C21H17ClF6KN8O6P. The van der Waals surface area contributed by atoms with Gasteiger partial charge >= 0.3 is 244 Å². The van der Waals surface area contributed by atoms with Crippen LogP contribution < -0.4 is 11.4 Å². The van der Waals surface area contributed by atoms with Crippen LogP contribution in [0.15, 0.2) is 47.4 Å². The summed E-state index contributed by atoms with van der Waals surface area (Å²) in [6, 6.07) is 7.59. The average molecular weight is 697 g/mol. The molecule has 232 valence electrons. The Labute approximate surface area is 280 Å². The minimum atomic E-state index is -4.87. The van der Waals surface area contributed by atoms with E-state index in [1.54, 1.807) is 0 Å². The van der Waals surface area contributed by atoms with Crippen molar-refractivity contribution < 1.29 is 50.4 Å². The predicted molar refractivity (Wildman–Crippen MR) is 139 cm³/mol. The standard InChI is InChI=1S/C21H14ClF6N8O2.K.H3O4P/c22-12-5-3-11(4-6-12)16-33-35(19(38)34(16)9-7-20(23,24)25)10-14-31-18(15(29)37)36(32-14)17-13(21(26,27)28)2-1-8-30-17;;1-5(2,3)4/h1-8H,9-10H2,(H2,29,37);;(H3,1,2,3,4). The normalized spacial score (nSPS) is 12.9. The van der Waals surface area contributed by atoms with Gasteiger partial charge in [0.05, 0.1) is 0 Å². The van der Waals surface area contributed by atoms with Crippen LogP contribution in [-0.2, 0) is 23.8 Å². The minimum absolute atomic E-state index is 0.103. The van der Waals surface area contributed by atoms with Crippen LogP contribution in [0.4, 0.5) is 26.3 Å². The Morgan fingerprint density at radius 1 is 1.07 bits per heavy atom. The van der Waals surface area contributed by atoms with Crippen molar-refractivity contribution in [1.29, 1.82) is 0 Å². The summed E-state index contributed by atoms with van der Waals surface area (Å²) >= 11 is 5.16. The van der Waals surface area contributed by atoms with Gasteiger partial charge in [-0.05, 0) is 6.07 Å². The molecule has 14 nitrogen and oxygen atoms in total. The first-order chi connectivity index (χ1) is 20.2. The molecule has 3 aromatic heterocycles. The molecule has 4 rings (SSSR count). The smallest absolute Gasteiger partial charge is 0.303 e. The van der Waals surface area contributed by atoms with Crippen molar-refractivity contribution in [1.82, 2.24) is 34.1 Å². The second-order valence-electron chi connectivity index (χ2n) is 8.84. The van der Waals surface area contributed by atoms with Crippen LogP contribution in [0, 0.1) is 0 Å². The van der Waals surface area contributed by atoms with Gasteiger partial charge in [0.1, 0.15) is 0 Å². The number of benzene rings is 1. The van der Waals surface area contributed by atoms with Crippen molar-refractivity contribution in [2.45, 2.75) is 25.5 Å². The molecule has 0 aliphatic rings. The first kappa shape index (κ1) is 36.0. The summed E-state index contributed by atoms with van der Waals surface area (Å²) in [4.78, 5) is 54.2. The van der Waals surface area contributed by atoms with E-state index >= 15 is 0 Å². The fourth-order valence-corrected chi connectivity index (χ4v) is 4.24. The van der Waals surface area contributed by atoms with Gasteiger partial charge in [0.2, 0.25) is 0 Å². The monoisotopic (exact) mass is 696 g/mol. The molecule has 23 heteroatoms. The molecule has 4 aromatic rings. The van der Waals surface area contributed by atoms with Crippen molar-refractivity contribution in [2.24, 2.45) is 5.73 Å². The Kier molecular flexibility index (Phi) is 11.4. The molecule has 44 heavy (non-hydrogen) atoms. The van der Waals surface area contributed by atoms with E-state index in [-0.39, 0.29) is 17.2 Å². The molecule has 0 aliphatic heterocycles. The van der Waals surface area contributed by atoms with E-state index in [2.05, 4.69) is 20.2 Å². The van der Waals surface area contributed by atoms with E-state index < -0.39 is 111 Å². The summed E-state index contributed by atoms with van der Waals surface area (Å²) in [7, 11) is -4.64. The quantitative estimate of drug-likeness (QED) is 0.126. The third kappa shape index (κ3) is 9.52. The summed E-state index contributed by atoms with van der Waals surface area (Å²) in [5.74, 6) is -3.20. The molecule has 0 radical (unpaired) electrons. The van der Waals surface area contributed by atoms with E-state index in [0.29, 0.717) is 15.8 Å². The van der Waals surface area contributed by atoms with Crippen molar-refractivity contribution >= 4 is 74.3 Å². The molecule has 0 aliphatic carbocycles. The number of rotatable bonds is 7. The Morgan fingerprint density at radius 2 is 1.66 bits per heavy atom. The Hall–Kier alpha value is -2.46. The molecule has 0 saturated carbocycles. The summed E-state index contributed by atoms with van der Waals surface area (Å²) in [6.07, 6.45) is -8.37. The summed E-state index contributed by atoms with van der Waals surface area (Å²) in [5, 5.41) is 8.35. The van der Waals surface area contributed by atoms with Crippen LogP contribution >= 0.6 is 19.4 Å². The van der Waals surface area contributed by atoms with Crippen LogP contribution in [0.1, 0.15) is 22.0 Å². The van der Waals surface area contributed by atoms with Gasteiger partial charge in [-0.2, -0.15) is 13.2 Å². The number of nitrogens with two attached hydrogens (primary N) is 1. The van der Waals surface area contributed by atoms with Gasteiger partial charge in [-0.25, -0.2) is 4.57 Å². The van der Waals surface area contributed by atoms with Crippen molar-refractivity contribution in [3.63, 3.8) is 0 Å². The van der Waals surface area contributed by atoms with Gasteiger partial charge < -0.3 is 14.7 Å². The molecule has 0 fully saturated rings. The number of amides is 1. The first-order valence-corrected chi connectivity index (χ1v) is 15.5. The first-order valence-electron chi connectivity index (χ1n) is 11.7. The molecule has 1 aromatic carbocycles. The fraction of sp³-hybridized carbons (Fsp3) is 0.238. The number of phosphoric acid groups is 1. The Morgan fingerprint density at radius 3 is 2.18 bits per heavy atom. The zero-order valence-electron chi connectivity index (χ0n) is 21.9. The van der Waals surface area contributed by atoms with E-state index in [9.17, 15) is 35.9 Å². The summed E-state index contributed by atoms with van der Waals surface area (Å²) in [5.41, 5.74) is 3.39. The molecule has 1 atom stereocenters. The number of carbonyl (C=O) groups excluding carboxylic acids is 1. The number of nitrogens with zero attached hydrogens (tertiary/aromatic N) is 7. The average Bonchev–Trinajstić information content (AvgIpc) is 3.44. The van der Waals surface area contributed by atoms with Gasteiger partial charge in [0.25, 0.3) is 0 Å². The van der Waals surface area contributed by atoms with Crippen LogP contribution in [0.3, 0.4) is 0 Å². The molecule has 0 saturated heterocycles. The molecule has 0 bridgehead atoms. The van der Waals surface area contributed by atoms with Crippen molar-refractivity contribution in [3.8, 4) is 17.2 Å². The van der Waals surface area contributed by atoms with E-state index in [1.807, 2.05) is 0 Å². The maximum atomic E-state index is 13.5. The molecule has 0 spiro atoms. The number of carbonyl (C=O) groups is 1. The minimum Gasteiger partial charge on any atom is -0.303 e. The SMILES string of the molecule is NC(=O)c1nc(Cn2nc(-c3ccc(Cl)cc3)n(C[CH]([K])C(F)(F)F)c2=O)nn1-c1ncccc1C(F)(F)F.O=P(O)(O)O. The van der Waals surface area contributed by atoms with E-state index in [1.165, 1.54) is 24.3 Å². The second kappa shape index (κ2) is 13.9. The third-order valence-electron chi connectivity index (χ3n) is 5.50. The molecule has 5 N–H and O–H groups in total.